The van der Waals surface area contributed by atoms with Crippen LogP contribution in [0.4, 0.5) is 37.1 Å². The number of hydrogen-bond donors (Lipinski definition) is 2. The van der Waals surface area contributed by atoms with E-state index >= 15 is 0 Å². The third kappa shape index (κ3) is 12.1. The summed E-state index contributed by atoms with van der Waals surface area (Å²) in [6.07, 6.45) is -2.90. The van der Waals surface area contributed by atoms with Crippen molar-refractivity contribution in [2.75, 3.05) is 10.6 Å². The lowest BCUT2D eigenvalue weighted by molar-refractivity contribution is -0.385. The Morgan fingerprint density at radius 3 is 1.64 bits per heavy atom. The fraction of sp³-hybridized carbons (Fsp3) is 0.105. The maximum Gasteiger partial charge on any atom is 0.514 e. The van der Waals surface area contributed by atoms with Crippen molar-refractivity contribution >= 4 is 47.1 Å². The molecule has 0 fully saturated rings. The van der Waals surface area contributed by atoms with Crippen molar-refractivity contribution in [1.29, 1.82) is 0 Å². The van der Waals surface area contributed by atoms with Crippen LogP contribution in [0.2, 0.25) is 0 Å². The Labute approximate surface area is 311 Å². The van der Waals surface area contributed by atoms with E-state index in [0.29, 0.717) is 16.8 Å². The van der Waals surface area contributed by atoms with Gasteiger partial charge < -0.3 is 29.0 Å². The van der Waals surface area contributed by atoms with Gasteiger partial charge >= 0.3 is 18.4 Å². The number of ether oxygens (including phenoxy) is 5. The number of carbonyl (C=O) groups is 4. The quantitative estimate of drug-likeness (QED) is 0.0363. The number of anilines is 2. The first kappa shape index (κ1) is 38.4. The third-order valence-corrected chi connectivity index (χ3v) is 7.42. The molecule has 0 spiro atoms. The Kier molecular flexibility index (Phi) is 13.0. The molecule has 5 rings (SSSR count). The molecule has 0 aliphatic rings. The molecule has 17 nitrogen and oxygen atoms in total. The second-order valence-electron chi connectivity index (χ2n) is 11.4. The molecular weight excluding hydrogens is 720 g/mol. The average Bonchev–Trinajstić information content (AvgIpc) is 3.17. The van der Waals surface area contributed by atoms with E-state index in [1.165, 1.54) is 42.5 Å². The second kappa shape index (κ2) is 18.6. The third-order valence-electron chi connectivity index (χ3n) is 7.42. The van der Waals surface area contributed by atoms with E-state index in [-0.39, 0.29) is 59.7 Å². The summed E-state index contributed by atoms with van der Waals surface area (Å²) in [5.74, 6) is -0.196. The van der Waals surface area contributed by atoms with Gasteiger partial charge in [0.2, 0.25) is 5.91 Å². The molecule has 0 unspecified atom stereocenters. The fourth-order valence-corrected chi connectivity index (χ4v) is 4.75. The van der Waals surface area contributed by atoms with E-state index in [1.54, 1.807) is 24.3 Å². The van der Waals surface area contributed by atoms with Crippen molar-refractivity contribution in [2.24, 2.45) is 0 Å². The highest BCUT2D eigenvalue weighted by Crippen LogP contribution is 2.23. The van der Waals surface area contributed by atoms with Gasteiger partial charge in [0.15, 0.2) is 0 Å². The van der Waals surface area contributed by atoms with Crippen molar-refractivity contribution in [3.05, 3.63) is 164 Å². The minimum Gasteiger partial charge on any atom is -0.444 e. The van der Waals surface area contributed by atoms with E-state index < -0.39 is 34.9 Å². The van der Waals surface area contributed by atoms with Gasteiger partial charge in [0.1, 0.15) is 31.3 Å². The predicted octanol–water partition coefficient (Wildman–Crippen LogP) is 7.86. The second-order valence-corrected chi connectivity index (χ2v) is 11.4. The van der Waals surface area contributed by atoms with E-state index in [9.17, 15) is 39.4 Å². The molecular formula is C38H30N4O13. The fourth-order valence-electron chi connectivity index (χ4n) is 4.75. The molecule has 0 aliphatic carbocycles. The van der Waals surface area contributed by atoms with E-state index in [4.69, 9.17) is 23.7 Å². The molecule has 0 saturated heterocycles. The van der Waals surface area contributed by atoms with Gasteiger partial charge in [-0.1, -0.05) is 48.5 Å². The van der Waals surface area contributed by atoms with E-state index in [1.807, 2.05) is 30.3 Å². The van der Waals surface area contributed by atoms with Gasteiger partial charge in [-0.15, -0.1) is 0 Å². The largest absolute Gasteiger partial charge is 0.514 e. The van der Waals surface area contributed by atoms with Crippen LogP contribution in [0.1, 0.15) is 22.3 Å². The molecule has 0 saturated carbocycles. The molecule has 0 aromatic heterocycles. The Morgan fingerprint density at radius 1 is 0.545 bits per heavy atom. The number of carbonyl (C=O) groups excluding carboxylic acids is 4. The Balaban J connectivity index is 1.18. The van der Waals surface area contributed by atoms with Crippen molar-refractivity contribution in [3.63, 3.8) is 0 Å². The molecule has 2 amide bonds. The summed E-state index contributed by atoms with van der Waals surface area (Å²) in [5.41, 5.74) is 2.45. The lowest BCUT2D eigenvalue weighted by atomic mass is 10.1. The van der Waals surface area contributed by atoms with Crippen molar-refractivity contribution in [3.8, 4) is 11.5 Å². The van der Waals surface area contributed by atoms with Crippen molar-refractivity contribution in [1.82, 2.24) is 0 Å². The number of non-ortho nitro benzene ring substituents is 2. The molecule has 0 bridgehead atoms. The molecule has 55 heavy (non-hydrogen) atoms. The van der Waals surface area contributed by atoms with Crippen LogP contribution in [0.5, 0.6) is 11.5 Å². The van der Waals surface area contributed by atoms with Crippen molar-refractivity contribution in [2.45, 2.75) is 26.2 Å². The SMILES string of the molecule is O=C(Cc1ccccc1)Nc1ccc(COC(=O)Nc2ccc(COC(=O)Oc3ccc([N+](=O)[O-])cc3)cc2COC(=O)Oc2ccc([N+](=O)[O-])cc2)cc1. The Bertz CT molecular complexity index is 2160. The van der Waals surface area contributed by atoms with E-state index in [0.717, 1.165) is 29.8 Å². The zero-order valence-electron chi connectivity index (χ0n) is 28.6. The van der Waals surface area contributed by atoms with Crippen LogP contribution >= 0.6 is 0 Å². The lowest BCUT2D eigenvalue weighted by Crippen LogP contribution is -2.17. The zero-order chi connectivity index (χ0) is 39.2. The topological polar surface area (TPSA) is 225 Å². The monoisotopic (exact) mass is 750 g/mol. The van der Waals surface area contributed by atoms with Crippen molar-refractivity contribution < 1.29 is 52.7 Å². The van der Waals surface area contributed by atoms with Gasteiger partial charge in [-0.3, -0.25) is 30.3 Å². The first-order valence-electron chi connectivity index (χ1n) is 16.2. The molecule has 5 aromatic rings. The van der Waals surface area contributed by atoms with Crippen LogP contribution in [0.15, 0.2) is 121 Å². The minimum atomic E-state index is -1.16. The van der Waals surface area contributed by atoms with Crippen LogP contribution in [0, 0.1) is 20.2 Å². The molecule has 0 heterocycles. The van der Waals surface area contributed by atoms with Crippen LogP contribution in [0.3, 0.4) is 0 Å². The molecule has 0 radical (unpaired) electrons. The van der Waals surface area contributed by atoms with Gasteiger partial charge in [0.25, 0.3) is 11.4 Å². The van der Waals surface area contributed by atoms with Gasteiger partial charge in [-0.05, 0) is 65.2 Å². The summed E-state index contributed by atoms with van der Waals surface area (Å²) in [7, 11) is 0. The van der Waals surface area contributed by atoms with Crippen LogP contribution in [-0.2, 0) is 45.2 Å². The summed E-state index contributed by atoms with van der Waals surface area (Å²) >= 11 is 0. The molecule has 17 heteroatoms. The molecule has 0 aliphatic heterocycles. The molecule has 5 aromatic carbocycles. The highest BCUT2D eigenvalue weighted by molar-refractivity contribution is 5.92. The standard InChI is InChI=1S/C38H30N4O13/c43-35(21-25-4-2-1-3-5-25)39-29-9-6-26(7-10-29)22-51-36(44)40-34-19-8-27(23-52-37(45)54-32-15-11-30(12-16-32)41(47)48)20-28(34)24-53-38(46)55-33-17-13-31(14-18-33)42(49)50/h1-20H,21-24H2,(H,39,43)(H,40,44). The number of nitrogens with one attached hydrogen (secondary N) is 2. The zero-order valence-corrected chi connectivity index (χ0v) is 28.6. The summed E-state index contributed by atoms with van der Waals surface area (Å²) < 4.78 is 25.9. The number of nitro benzene ring substituents is 2. The smallest absolute Gasteiger partial charge is 0.444 e. The number of nitro groups is 2. The summed E-state index contributed by atoms with van der Waals surface area (Å²) in [6.45, 7) is -0.889. The first-order valence-corrected chi connectivity index (χ1v) is 16.2. The van der Waals surface area contributed by atoms with Gasteiger partial charge in [0, 0.05) is 35.5 Å². The number of rotatable bonds is 14. The summed E-state index contributed by atoms with van der Waals surface area (Å²) in [5, 5.41) is 27.1. The number of amides is 2. The van der Waals surface area contributed by atoms with Crippen LogP contribution in [0.25, 0.3) is 0 Å². The maximum absolute atomic E-state index is 12.8. The average molecular weight is 751 g/mol. The normalized spacial score (nSPS) is 10.3. The summed E-state index contributed by atoms with van der Waals surface area (Å²) in [4.78, 5) is 70.5. The van der Waals surface area contributed by atoms with Gasteiger partial charge in [-0.25, -0.2) is 14.4 Å². The van der Waals surface area contributed by atoms with Gasteiger partial charge in [-0.2, -0.15) is 0 Å². The predicted molar refractivity (Wildman–Crippen MR) is 193 cm³/mol. The number of hydrogen-bond acceptors (Lipinski definition) is 13. The number of nitrogens with zero attached hydrogens (tertiary/aromatic N) is 2. The van der Waals surface area contributed by atoms with Crippen LogP contribution < -0.4 is 20.1 Å². The molecule has 2 N–H and O–H groups in total. The Morgan fingerprint density at radius 2 is 1.07 bits per heavy atom. The lowest BCUT2D eigenvalue weighted by Gasteiger charge is -2.14. The molecule has 0 atom stereocenters. The summed E-state index contributed by atoms with van der Waals surface area (Å²) in [6, 6.07) is 29.9. The molecule has 280 valence electrons. The first-order chi connectivity index (χ1) is 26.5. The minimum absolute atomic E-state index is 0.0100. The van der Waals surface area contributed by atoms with Crippen LogP contribution in [-0.4, -0.2) is 34.2 Å². The highest BCUT2D eigenvalue weighted by atomic mass is 16.7. The Hall–Kier alpha value is -7.82. The van der Waals surface area contributed by atoms with Gasteiger partial charge in [0.05, 0.1) is 22.0 Å². The highest BCUT2D eigenvalue weighted by Gasteiger charge is 2.16. The maximum atomic E-state index is 12.8. The van der Waals surface area contributed by atoms with E-state index in [2.05, 4.69) is 10.6 Å². The number of benzene rings is 5.